The van der Waals surface area contributed by atoms with E-state index in [1.807, 2.05) is 0 Å². The summed E-state index contributed by atoms with van der Waals surface area (Å²) in [5, 5.41) is 12.9. The Hall–Kier alpha value is -3.11. The number of hydrogen-bond donors (Lipinski definition) is 1. The number of alkyl halides is 3. The lowest BCUT2D eigenvalue weighted by Gasteiger charge is -2.29. The zero-order chi connectivity index (χ0) is 23.0. The van der Waals surface area contributed by atoms with E-state index in [1.165, 1.54) is 38.7 Å². The van der Waals surface area contributed by atoms with Crippen LogP contribution < -0.4 is 0 Å². The van der Waals surface area contributed by atoms with Gasteiger partial charge in [-0.3, -0.25) is 9.48 Å². The highest BCUT2D eigenvalue weighted by Gasteiger charge is 2.41. The summed E-state index contributed by atoms with van der Waals surface area (Å²) >= 11 is 0. The van der Waals surface area contributed by atoms with Gasteiger partial charge >= 0.3 is 12.3 Å². The van der Waals surface area contributed by atoms with E-state index < -0.39 is 23.8 Å². The van der Waals surface area contributed by atoms with E-state index in [2.05, 4.69) is 5.10 Å². The van der Waals surface area contributed by atoms with Gasteiger partial charge in [0.25, 0.3) is 0 Å². The van der Waals surface area contributed by atoms with E-state index >= 15 is 0 Å². The molecule has 2 aromatic rings. The van der Waals surface area contributed by atoms with Crippen LogP contribution in [0.25, 0.3) is 0 Å². The lowest BCUT2D eigenvalue weighted by molar-refractivity contribution is -0.142. The first-order chi connectivity index (χ1) is 15.1. The molecule has 1 saturated heterocycles. The number of rotatable bonds is 4. The zero-order valence-electron chi connectivity index (χ0n) is 17.1. The number of nitrogens with zero attached hydrogens (tertiary/aromatic N) is 4. The lowest BCUT2D eigenvalue weighted by Crippen LogP contribution is -2.38. The number of amides is 2. The van der Waals surface area contributed by atoms with Crippen LogP contribution in [0, 0.1) is 11.7 Å². The van der Waals surface area contributed by atoms with Gasteiger partial charge in [0.15, 0.2) is 5.69 Å². The topological polar surface area (TPSA) is 78.7 Å². The molecule has 1 fully saturated rings. The molecule has 7 nitrogen and oxygen atoms in total. The highest BCUT2D eigenvalue weighted by molar-refractivity contribution is 5.77. The van der Waals surface area contributed by atoms with E-state index in [9.17, 15) is 27.2 Å². The molecular formula is C21H22F4N4O3. The molecule has 32 heavy (non-hydrogen) atoms. The quantitative estimate of drug-likeness (QED) is 0.719. The first-order valence-electron chi connectivity index (χ1n) is 10.3. The summed E-state index contributed by atoms with van der Waals surface area (Å²) in [6.45, 7) is 0.814. The van der Waals surface area contributed by atoms with Crippen molar-refractivity contribution in [3.8, 4) is 0 Å². The average molecular weight is 454 g/mol. The number of carbonyl (C=O) groups is 2. The fourth-order valence-electron chi connectivity index (χ4n) is 4.36. The summed E-state index contributed by atoms with van der Waals surface area (Å²) in [6, 6.07) is 5.43. The van der Waals surface area contributed by atoms with E-state index in [1.54, 1.807) is 0 Å². The van der Waals surface area contributed by atoms with Gasteiger partial charge < -0.3 is 14.9 Å². The largest absolute Gasteiger partial charge is 0.465 e. The van der Waals surface area contributed by atoms with E-state index in [-0.39, 0.29) is 56.4 Å². The third-order valence-electron chi connectivity index (χ3n) is 6.03. The third kappa shape index (κ3) is 4.56. The molecule has 0 aliphatic carbocycles. The van der Waals surface area contributed by atoms with Gasteiger partial charge in [-0.05, 0) is 36.5 Å². The first-order valence-corrected chi connectivity index (χ1v) is 10.3. The van der Waals surface area contributed by atoms with Crippen LogP contribution in [0.3, 0.4) is 0 Å². The van der Waals surface area contributed by atoms with Crippen LogP contribution in [-0.4, -0.2) is 56.3 Å². The molecule has 172 valence electrons. The maximum Gasteiger partial charge on any atom is 0.435 e. The smallest absolute Gasteiger partial charge is 0.435 e. The number of carbonyl (C=O) groups excluding carboxylic acids is 1. The molecular weight excluding hydrogens is 432 g/mol. The first kappa shape index (κ1) is 22.1. The third-order valence-corrected chi connectivity index (χ3v) is 6.03. The normalized spacial score (nSPS) is 18.7. The van der Waals surface area contributed by atoms with Crippen LogP contribution in [0.15, 0.2) is 24.3 Å². The van der Waals surface area contributed by atoms with Crippen molar-refractivity contribution in [2.45, 2.75) is 38.5 Å². The maximum atomic E-state index is 13.6. The fourth-order valence-corrected chi connectivity index (χ4v) is 4.36. The second-order valence-electron chi connectivity index (χ2n) is 8.21. The molecule has 11 heteroatoms. The van der Waals surface area contributed by atoms with Crippen molar-refractivity contribution in [2.24, 2.45) is 5.92 Å². The van der Waals surface area contributed by atoms with Crippen LogP contribution in [0.5, 0.6) is 0 Å². The molecule has 3 heterocycles. The Balaban J connectivity index is 1.53. The van der Waals surface area contributed by atoms with Gasteiger partial charge in [0.05, 0.1) is 18.8 Å². The van der Waals surface area contributed by atoms with Crippen molar-refractivity contribution in [3.05, 3.63) is 52.6 Å². The molecule has 1 atom stereocenters. The summed E-state index contributed by atoms with van der Waals surface area (Å²) < 4.78 is 55.1. The Kier molecular flexibility index (Phi) is 5.83. The summed E-state index contributed by atoms with van der Waals surface area (Å²) in [7, 11) is 0. The number of benzene rings is 1. The molecule has 2 aliphatic rings. The summed E-state index contributed by atoms with van der Waals surface area (Å²) in [5.74, 6) is -0.761. The van der Waals surface area contributed by atoms with Crippen molar-refractivity contribution in [1.82, 2.24) is 19.6 Å². The van der Waals surface area contributed by atoms with Crippen molar-refractivity contribution in [2.75, 3.05) is 19.6 Å². The number of fused-ring (bicyclic) bond motifs is 1. The second-order valence-corrected chi connectivity index (χ2v) is 8.21. The van der Waals surface area contributed by atoms with E-state index in [4.69, 9.17) is 5.11 Å². The Bertz CT molecular complexity index is 1020. The summed E-state index contributed by atoms with van der Waals surface area (Å²) in [6.07, 6.45) is -4.87. The van der Waals surface area contributed by atoms with Gasteiger partial charge in [0.2, 0.25) is 5.91 Å². The summed E-state index contributed by atoms with van der Waals surface area (Å²) in [4.78, 5) is 26.7. The minimum atomic E-state index is -4.62. The highest BCUT2D eigenvalue weighted by atomic mass is 19.4. The molecule has 1 aromatic carbocycles. The zero-order valence-corrected chi connectivity index (χ0v) is 17.1. The molecule has 0 saturated carbocycles. The van der Waals surface area contributed by atoms with Gasteiger partial charge in [0, 0.05) is 31.6 Å². The van der Waals surface area contributed by atoms with Gasteiger partial charge in [0.1, 0.15) is 5.82 Å². The van der Waals surface area contributed by atoms with Crippen LogP contribution >= 0.6 is 0 Å². The minimum absolute atomic E-state index is 0.00614. The molecule has 2 aliphatic heterocycles. The summed E-state index contributed by atoms with van der Waals surface area (Å²) in [5.41, 5.74) is 0.0459. The Labute approximate surface area is 181 Å². The number of hydrogen-bond acceptors (Lipinski definition) is 3. The van der Waals surface area contributed by atoms with Gasteiger partial charge in [-0.1, -0.05) is 12.1 Å². The Morgan fingerprint density at radius 1 is 1.12 bits per heavy atom. The number of aromatic nitrogens is 2. The standard InChI is InChI=1S/C21H22F4N4O3/c22-15-3-1-13(2-4-15)11-29-17-12-27(8-6-16(17)19(26-29)21(23,24)25)18(30)9-14-5-7-28(10-14)20(31)32/h1-4,14H,5-12H2,(H,31,32). The molecule has 0 bridgehead atoms. The van der Waals surface area contributed by atoms with Gasteiger partial charge in [-0.15, -0.1) is 0 Å². The number of halogens is 4. The van der Waals surface area contributed by atoms with Crippen molar-refractivity contribution >= 4 is 12.0 Å². The SMILES string of the molecule is O=C(O)N1CCC(CC(=O)N2CCc3c(C(F)(F)F)nn(Cc4ccc(F)cc4)c3C2)C1. The Morgan fingerprint density at radius 3 is 2.47 bits per heavy atom. The molecule has 0 radical (unpaired) electrons. The monoisotopic (exact) mass is 454 g/mol. The maximum absolute atomic E-state index is 13.6. The van der Waals surface area contributed by atoms with Crippen LogP contribution in [0.4, 0.5) is 22.4 Å². The van der Waals surface area contributed by atoms with Crippen molar-refractivity contribution < 1.29 is 32.3 Å². The van der Waals surface area contributed by atoms with E-state index in [0.717, 1.165) is 0 Å². The molecule has 1 unspecified atom stereocenters. The van der Waals surface area contributed by atoms with Crippen LogP contribution in [-0.2, 0) is 30.5 Å². The fraction of sp³-hybridized carbons (Fsp3) is 0.476. The molecule has 1 aromatic heterocycles. The molecule has 1 N–H and O–H groups in total. The Morgan fingerprint density at radius 2 is 1.84 bits per heavy atom. The minimum Gasteiger partial charge on any atom is -0.465 e. The predicted molar refractivity (Wildman–Crippen MR) is 104 cm³/mol. The second kappa shape index (κ2) is 8.44. The van der Waals surface area contributed by atoms with Crippen LogP contribution in [0.2, 0.25) is 0 Å². The van der Waals surface area contributed by atoms with Gasteiger partial charge in [-0.25, -0.2) is 9.18 Å². The number of carboxylic acid groups (broad SMARTS) is 1. The molecule has 0 spiro atoms. The van der Waals surface area contributed by atoms with Crippen LogP contribution in [0.1, 0.15) is 35.4 Å². The number of likely N-dealkylation sites (tertiary alicyclic amines) is 1. The average Bonchev–Trinajstić information content (AvgIpc) is 3.34. The molecule has 2 amide bonds. The van der Waals surface area contributed by atoms with Gasteiger partial charge in [-0.2, -0.15) is 18.3 Å². The lowest BCUT2D eigenvalue weighted by atomic mass is 10.0. The van der Waals surface area contributed by atoms with E-state index in [0.29, 0.717) is 24.2 Å². The highest BCUT2D eigenvalue weighted by Crippen LogP contribution is 2.35. The molecule has 4 rings (SSSR count). The van der Waals surface area contributed by atoms with Crippen molar-refractivity contribution in [1.29, 1.82) is 0 Å². The van der Waals surface area contributed by atoms with Crippen molar-refractivity contribution in [3.63, 3.8) is 0 Å². The predicted octanol–water partition coefficient (Wildman–Crippen LogP) is 3.36.